The number of unbranched alkanes of at least 4 members (excludes halogenated alkanes) is 1. The molecule has 5 heteroatoms. The first kappa shape index (κ1) is 14.6. The number of carbonyl (C=O) groups excluding carboxylic acids is 1. The van der Waals surface area contributed by atoms with Crippen LogP contribution < -0.4 is 0 Å². The number of carbonyl (C=O) groups is 1. The van der Waals surface area contributed by atoms with Gasteiger partial charge < -0.3 is 9.29 Å². The summed E-state index contributed by atoms with van der Waals surface area (Å²) in [5.41, 5.74) is 0. The molecule has 0 rings (SSSR count). The second-order valence-electron chi connectivity index (χ2n) is 3.39. The standard InChI is InChI=1S/C10H20O4S/c1-3-9(4-2)14-10(11)7-5-6-8-15(12)13/h9H,3-8H2,1-2H3,(H,12,13)/p-1. The van der Waals surface area contributed by atoms with Crippen molar-refractivity contribution in [1.29, 1.82) is 0 Å². The zero-order valence-electron chi connectivity index (χ0n) is 9.36. The van der Waals surface area contributed by atoms with Gasteiger partial charge in [0.1, 0.15) is 6.10 Å². The van der Waals surface area contributed by atoms with E-state index in [9.17, 15) is 13.6 Å². The lowest BCUT2D eigenvalue weighted by Gasteiger charge is -2.13. The molecule has 0 aliphatic heterocycles. The monoisotopic (exact) mass is 235 g/mol. The first-order valence-corrected chi connectivity index (χ1v) is 6.59. The molecule has 0 bridgehead atoms. The fraction of sp³-hybridized carbons (Fsp3) is 0.900. The maximum absolute atomic E-state index is 11.2. The minimum Gasteiger partial charge on any atom is -0.772 e. The van der Waals surface area contributed by atoms with Crippen LogP contribution in [0.15, 0.2) is 0 Å². The van der Waals surface area contributed by atoms with Crippen molar-refractivity contribution in [3.8, 4) is 0 Å². The number of hydrogen-bond acceptors (Lipinski definition) is 4. The van der Waals surface area contributed by atoms with Crippen molar-refractivity contribution in [3.05, 3.63) is 0 Å². The van der Waals surface area contributed by atoms with Crippen LogP contribution in [-0.4, -0.2) is 26.6 Å². The molecule has 0 spiro atoms. The molecule has 0 amide bonds. The maximum atomic E-state index is 11.2. The van der Waals surface area contributed by atoms with Crippen LogP contribution in [-0.2, 0) is 20.6 Å². The van der Waals surface area contributed by atoms with E-state index in [1.807, 2.05) is 13.8 Å². The summed E-state index contributed by atoms with van der Waals surface area (Å²) in [5.74, 6) is -0.0986. The molecule has 1 unspecified atom stereocenters. The normalized spacial score (nSPS) is 12.8. The van der Waals surface area contributed by atoms with Crippen LogP contribution in [0.4, 0.5) is 0 Å². The maximum Gasteiger partial charge on any atom is 0.306 e. The van der Waals surface area contributed by atoms with Gasteiger partial charge in [-0.05, 0) is 25.7 Å². The number of hydrogen-bond donors (Lipinski definition) is 0. The molecule has 0 aromatic rings. The first-order valence-electron chi connectivity index (χ1n) is 5.35. The Morgan fingerprint density at radius 1 is 1.33 bits per heavy atom. The predicted octanol–water partition coefficient (Wildman–Crippen LogP) is 1.77. The summed E-state index contributed by atoms with van der Waals surface area (Å²) in [5, 5.41) is 0. The fourth-order valence-electron chi connectivity index (χ4n) is 1.19. The van der Waals surface area contributed by atoms with E-state index in [-0.39, 0.29) is 17.8 Å². The van der Waals surface area contributed by atoms with Crippen LogP contribution in [0.3, 0.4) is 0 Å². The van der Waals surface area contributed by atoms with Crippen LogP contribution in [0.1, 0.15) is 46.0 Å². The third kappa shape index (κ3) is 8.57. The predicted molar refractivity (Wildman–Crippen MR) is 58.1 cm³/mol. The number of rotatable bonds is 8. The van der Waals surface area contributed by atoms with Crippen LogP contribution in [0.5, 0.6) is 0 Å². The van der Waals surface area contributed by atoms with Crippen molar-refractivity contribution >= 4 is 17.0 Å². The summed E-state index contributed by atoms with van der Waals surface area (Å²) < 4.78 is 25.6. The van der Waals surface area contributed by atoms with Gasteiger partial charge in [-0.1, -0.05) is 24.9 Å². The van der Waals surface area contributed by atoms with E-state index in [1.165, 1.54) is 0 Å². The molecule has 15 heavy (non-hydrogen) atoms. The fourth-order valence-corrected chi connectivity index (χ4v) is 1.63. The number of ether oxygens (including phenoxy) is 1. The Morgan fingerprint density at radius 2 is 1.93 bits per heavy atom. The molecule has 0 aromatic carbocycles. The molecule has 0 aliphatic rings. The van der Waals surface area contributed by atoms with Gasteiger partial charge in [-0.15, -0.1) is 0 Å². The van der Waals surface area contributed by atoms with Gasteiger partial charge in [0, 0.05) is 12.2 Å². The summed E-state index contributed by atoms with van der Waals surface area (Å²) in [4.78, 5) is 11.2. The Bertz CT molecular complexity index is 202. The Balaban J connectivity index is 3.52. The molecular weight excluding hydrogens is 216 g/mol. The summed E-state index contributed by atoms with van der Waals surface area (Å²) in [6, 6.07) is 0. The van der Waals surface area contributed by atoms with Crippen molar-refractivity contribution in [2.45, 2.75) is 52.1 Å². The van der Waals surface area contributed by atoms with E-state index in [0.717, 1.165) is 12.8 Å². The summed E-state index contributed by atoms with van der Waals surface area (Å²) in [6.45, 7) is 3.95. The van der Waals surface area contributed by atoms with Gasteiger partial charge in [-0.3, -0.25) is 9.00 Å². The highest BCUT2D eigenvalue weighted by molar-refractivity contribution is 7.79. The van der Waals surface area contributed by atoms with E-state index in [4.69, 9.17) is 4.74 Å². The lowest BCUT2D eigenvalue weighted by Crippen LogP contribution is -2.16. The zero-order valence-corrected chi connectivity index (χ0v) is 10.2. The minimum absolute atomic E-state index is 0.00569. The smallest absolute Gasteiger partial charge is 0.306 e. The molecule has 0 heterocycles. The van der Waals surface area contributed by atoms with Gasteiger partial charge >= 0.3 is 5.97 Å². The van der Waals surface area contributed by atoms with Crippen LogP contribution in [0.2, 0.25) is 0 Å². The van der Waals surface area contributed by atoms with E-state index < -0.39 is 11.1 Å². The third-order valence-corrected chi connectivity index (χ3v) is 2.77. The summed E-state index contributed by atoms with van der Waals surface area (Å²) >= 11 is -2.00. The van der Waals surface area contributed by atoms with E-state index in [0.29, 0.717) is 19.3 Å². The molecule has 1 atom stereocenters. The van der Waals surface area contributed by atoms with E-state index >= 15 is 0 Å². The molecule has 0 aromatic heterocycles. The molecule has 0 saturated heterocycles. The Labute approximate surface area is 93.7 Å². The van der Waals surface area contributed by atoms with E-state index in [1.54, 1.807) is 0 Å². The topological polar surface area (TPSA) is 66.4 Å². The Kier molecular flexibility index (Phi) is 8.61. The van der Waals surface area contributed by atoms with Gasteiger partial charge in [0.25, 0.3) is 0 Å². The van der Waals surface area contributed by atoms with Crippen LogP contribution >= 0.6 is 0 Å². The highest BCUT2D eigenvalue weighted by Gasteiger charge is 2.09. The quantitative estimate of drug-likeness (QED) is 0.365. The average Bonchev–Trinajstić information content (AvgIpc) is 2.20. The van der Waals surface area contributed by atoms with Crippen molar-refractivity contribution in [1.82, 2.24) is 0 Å². The summed E-state index contributed by atoms with van der Waals surface area (Å²) in [6.07, 6.45) is 3.07. The second kappa shape index (κ2) is 8.85. The molecule has 0 aliphatic carbocycles. The first-order chi connectivity index (χ1) is 7.10. The van der Waals surface area contributed by atoms with Crippen LogP contribution in [0.25, 0.3) is 0 Å². The lowest BCUT2D eigenvalue weighted by atomic mass is 10.2. The zero-order chi connectivity index (χ0) is 11.7. The highest BCUT2D eigenvalue weighted by atomic mass is 32.2. The minimum atomic E-state index is -2.00. The third-order valence-electron chi connectivity index (χ3n) is 2.15. The van der Waals surface area contributed by atoms with Gasteiger partial charge in [0.05, 0.1) is 0 Å². The Hall–Kier alpha value is -0.420. The van der Waals surface area contributed by atoms with Gasteiger partial charge in [-0.25, -0.2) is 0 Å². The van der Waals surface area contributed by atoms with Gasteiger partial charge in [0.15, 0.2) is 0 Å². The molecule has 0 N–H and O–H groups in total. The van der Waals surface area contributed by atoms with Crippen molar-refractivity contribution < 1.29 is 18.3 Å². The highest BCUT2D eigenvalue weighted by Crippen LogP contribution is 2.06. The Morgan fingerprint density at radius 3 is 2.40 bits per heavy atom. The summed E-state index contributed by atoms with van der Waals surface area (Å²) in [7, 11) is 0. The van der Waals surface area contributed by atoms with E-state index in [2.05, 4.69) is 0 Å². The second-order valence-corrected chi connectivity index (χ2v) is 4.41. The molecule has 0 fully saturated rings. The molecular formula is C10H19O4S-. The largest absolute Gasteiger partial charge is 0.772 e. The average molecular weight is 235 g/mol. The van der Waals surface area contributed by atoms with Gasteiger partial charge in [0.2, 0.25) is 0 Å². The van der Waals surface area contributed by atoms with Crippen LogP contribution in [0, 0.1) is 0 Å². The van der Waals surface area contributed by atoms with Crippen molar-refractivity contribution in [2.24, 2.45) is 0 Å². The van der Waals surface area contributed by atoms with Crippen molar-refractivity contribution in [3.63, 3.8) is 0 Å². The molecule has 90 valence electrons. The SMILES string of the molecule is CCC(CC)OC(=O)CCCCS(=O)[O-]. The number of esters is 1. The molecule has 4 nitrogen and oxygen atoms in total. The molecule has 0 radical (unpaired) electrons. The molecule has 0 saturated carbocycles. The van der Waals surface area contributed by atoms with Crippen molar-refractivity contribution in [2.75, 3.05) is 5.75 Å². The lowest BCUT2D eigenvalue weighted by molar-refractivity contribution is -0.149. The van der Waals surface area contributed by atoms with Gasteiger partial charge in [-0.2, -0.15) is 0 Å².